The molecule has 170 valence electrons. The molecule has 1 heterocycles. The van der Waals surface area contributed by atoms with Crippen molar-refractivity contribution in [3.63, 3.8) is 0 Å². The second-order valence-electron chi connectivity index (χ2n) is 7.04. The standard InChI is InChI=1S/C23H26FN3O5/c1-3-31-21(28)7-5-4-6-12-25-23(29)27-17-13-15(8-10-19(17)30-2)22-26-18-14-16(24)9-11-20(18)32-22/h8-11,13-14H,3-7,12H2,1-2H3,(H2,25,27,29). The van der Waals surface area contributed by atoms with Crippen molar-refractivity contribution in [2.24, 2.45) is 0 Å². The highest BCUT2D eigenvalue weighted by atomic mass is 19.1. The van der Waals surface area contributed by atoms with Crippen LogP contribution in [0.15, 0.2) is 40.8 Å². The summed E-state index contributed by atoms with van der Waals surface area (Å²) in [6.07, 6.45) is 2.64. The summed E-state index contributed by atoms with van der Waals surface area (Å²) in [6, 6.07) is 8.85. The highest BCUT2D eigenvalue weighted by molar-refractivity contribution is 5.92. The molecule has 0 spiro atoms. The van der Waals surface area contributed by atoms with Gasteiger partial charge in [-0.25, -0.2) is 14.2 Å². The van der Waals surface area contributed by atoms with E-state index in [9.17, 15) is 14.0 Å². The smallest absolute Gasteiger partial charge is 0.319 e. The second-order valence-corrected chi connectivity index (χ2v) is 7.04. The molecule has 8 nitrogen and oxygen atoms in total. The third-order valence-electron chi connectivity index (χ3n) is 4.69. The maximum atomic E-state index is 13.4. The molecule has 9 heteroatoms. The van der Waals surface area contributed by atoms with Crippen LogP contribution in [-0.2, 0) is 9.53 Å². The number of methoxy groups -OCH3 is 1. The molecule has 0 unspecified atom stereocenters. The highest BCUT2D eigenvalue weighted by Crippen LogP contribution is 2.32. The number of amides is 2. The van der Waals surface area contributed by atoms with Crippen LogP contribution in [0, 0.1) is 5.82 Å². The van der Waals surface area contributed by atoms with Gasteiger partial charge in [0.15, 0.2) is 5.58 Å². The van der Waals surface area contributed by atoms with E-state index in [4.69, 9.17) is 13.9 Å². The van der Waals surface area contributed by atoms with E-state index in [2.05, 4.69) is 15.6 Å². The summed E-state index contributed by atoms with van der Waals surface area (Å²) >= 11 is 0. The molecule has 0 saturated heterocycles. The van der Waals surface area contributed by atoms with E-state index in [-0.39, 0.29) is 12.0 Å². The van der Waals surface area contributed by atoms with Crippen molar-refractivity contribution in [2.75, 3.05) is 25.6 Å². The van der Waals surface area contributed by atoms with Crippen molar-refractivity contribution in [3.05, 3.63) is 42.2 Å². The van der Waals surface area contributed by atoms with Gasteiger partial charge >= 0.3 is 12.0 Å². The van der Waals surface area contributed by atoms with Crippen LogP contribution in [0.1, 0.15) is 32.6 Å². The number of hydrogen-bond donors (Lipinski definition) is 2. The molecular weight excluding hydrogens is 417 g/mol. The first-order valence-corrected chi connectivity index (χ1v) is 10.4. The van der Waals surface area contributed by atoms with Crippen molar-refractivity contribution in [2.45, 2.75) is 32.6 Å². The van der Waals surface area contributed by atoms with Crippen molar-refractivity contribution < 1.29 is 27.9 Å². The van der Waals surface area contributed by atoms with Crippen molar-refractivity contribution in [1.29, 1.82) is 0 Å². The van der Waals surface area contributed by atoms with Crippen LogP contribution < -0.4 is 15.4 Å². The molecule has 2 amide bonds. The quantitative estimate of drug-likeness (QED) is 0.342. The van der Waals surface area contributed by atoms with Gasteiger partial charge in [0, 0.05) is 24.6 Å². The third-order valence-corrected chi connectivity index (χ3v) is 4.69. The van der Waals surface area contributed by atoms with Gasteiger partial charge in [-0.2, -0.15) is 0 Å². The normalized spacial score (nSPS) is 10.7. The molecule has 0 fully saturated rings. The van der Waals surface area contributed by atoms with E-state index in [1.807, 2.05) is 0 Å². The number of halogens is 1. The number of fused-ring (bicyclic) bond motifs is 1. The molecule has 32 heavy (non-hydrogen) atoms. The molecule has 0 aliphatic heterocycles. The fraction of sp³-hybridized carbons (Fsp3) is 0.348. The van der Waals surface area contributed by atoms with Crippen LogP contribution in [0.2, 0.25) is 0 Å². The Balaban J connectivity index is 1.57. The molecule has 1 aromatic heterocycles. The van der Waals surface area contributed by atoms with Gasteiger partial charge in [0.25, 0.3) is 0 Å². The van der Waals surface area contributed by atoms with Gasteiger partial charge in [0.1, 0.15) is 17.1 Å². The molecular formula is C23H26FN3O5. The number of ether oxygens (including phenoxy) is 2. The van der Waals surface area contributed by atoms with E-state index < -0.39 is 5.82 Å². The van der Waals surface area contributed by atoms with Gasteiger partial charge in [-0.1, -0.05) is 6.42 Å². The fourth-order valence-corrected chi connectivity index (χ4v) is 3.14. The number of carbonyl (C=O) groups excluding carboxylic acids is 2. The number of benzene rings is 2. The molecule has 0 aliphatic rings. The monoisotopic (exact) mass is 443 g/mol. The van der Waals surface area contributed by atoms with E-state index in [1.165, 1.54) is 25.3 Å². The Morgan fingerprint density at radius 3 is 2.75 bits per heavy atom. The lowest BCUT2D eigenvalue weighted by molar-refractivity contribution is -0.143. The maximum Gasteiger partial charge on any atom is 0.319 e. The summed E-state index contributed by atoms with van der Waals surface area (Å²) in [6.45, 7) is 2.63. The molecule has 2 N–H and O–H groups in total. The van der Waals surface area contributed by atoms with Gasteiger partial charge in [-0.05, 0) is 50.1 Å². The van der Waals surface area contributed by atoms with Gasteiger partial charge in [-0.3, -0.25) is 4.79 Å². The number of aromatic nitrogens is 1. The Morgan fingerprint density at radius 2 is 1.97 bits per heavy atom. The summed E-state index contributed by atoms with van der Waals surface area (Å²) in [5.41, 5.74) is 1.92. The number of urea groups is 1. The number of nitrogens with one attached hydrogen (secondary N) is 2. The minimum Gasteiger partial charge on any atom is -0.495 e. The number of esters is 1. The van der Waals surface area contributed by atoms with E-state index in [0.717, 1.165) is 12.8 Å². The maximum absolute atomic E-state index is 13.4. The molecule has 3 aromatic rings. The first-order valence-electron chi connectivity index (χ1n) is 10.4. The zero-order valence-electron chi connectivity index (χ0n) is 18.1. The fourth-order valence-electron chi connectivity index (χ4n) is 3.14. The Hall–Kier alpha value is -3.62. The first-order chi connectivity index (χ1) is 15.5. The first kappa shape index (κ1) is 23.1. The van der Waals surface area contributed by atoms with Crippen molar-refractivity contribution in [3.8, 4) is 17.2 Å². The Bertz CT molecular complexity index is 1080. The van der Waals surface area contributed by atoms with Crippen LogP contribution in [0.25, 0.3) is 22.6 Å². The van der Waals surface area contributed by atoms with Crippen LogP contribution in [-0.4, -0.2) is 37.2 Å². The molecule has 0 bridgehead atoms. The second kappa shape index (κ2) is 11.1. The number of carbonyl (C=O) groups is 2. The number of nitrogens with zero attached hydrogens (tertiary/aromatic N) is 1. The summed E-state index contributed by atoms with van der Waals surface area (Å²) in [4.78, 5) is 27.9. The van der Waals surface area contributed by atoms with Gasteiger partial charge in [0.05, 0.1) is 19.4 Å². The van der Waals surface area contributed by atoms with Gasteiger partial charge in [0.2, 0.25) is 5.89 Å². The predicted molar refractivity (Wildman–Crippen MR) is 118 cm³/mol. The third kappa shape index (κ3) is 6.19. The Kier molecular flexibility index (Phi) is 8.02. The topological polar surface area (TPSA) is 103 Å². The molecule has 0 atom stereocenters. The highest BCUT2D eigenvalue weighted by Gasteiger charge is 2.14. The average Bonchev–Trinajstić information content (AvgIpc) is 3.19. The summed E-state index contributed by atoms with van der Waals surface area (Å²) in [5.74, 6) is 0.181. The van der Waals surface area contributed by atoms with E-state index in [0.29, 0.717) is 60.0 Å². The van der Waals surface area contributed by atoms with Gasteiger partial charge in [-0.15, -0.1) is 0 Å². The molecule has 2 aromatic carbocycles. The van der Waals surface area contributed by atoms with Crippen LogP contribution in [0.5, 0.6) is 5.75 Å². The summed E-state index contributed by atoms with van der Waals surface area (Å²) in [7, 11) is 1.50. The van der Waals surface area contributed by atoms with E-state index in [1.54, 1.807) is 25.1 Å². The minimum absolute atomic E-state index is 0.200. The zero-order chi connectivity index (χ0) is 22.9. The number of unbranched alkanes of at least 4 members (excludes halogenated alkanes) is 2. The molecule has 0 saturated carbocycles. The van der Waals surface area contributed by atoms with Crippen LogP contribution >= 0.6 is 0 Å². The molecule has 3 rings (SSSR count). The SMILES string of the molecule is CCOC(=O)CCCCCNC(=O)Nc1cc(-c2nc3cc(F)ccc3o2)ccc1OC. The predicted octanol–water partition coefficient (Wildman–Crippen LogP) is 4.89. The number of anilines is 1. The Labute approximate surface area is 185 Å². The average molecular weight is 443 g/mol. The number of oxazole rings is 1. The van der Waals surface area contributed by atoms with E-state index >= 15 is 0 Å². The lowest BCUT2D eigenvalue weighted by atomic mass is 10.2. The van der Waals surface area contributed by atoms with Crippen molar-refractivity contribution in [1.82, 2.24) is 10.3 Å². The Morgan fingerprint density at radius 1 is 1.12 bits per heavy atom. The van der Waals surface area contributed by atoms with Crippen LogP contribution in [0.3, 0.4) is 0 Å². The summed E-state index contributed by atoms with van der Waals surface area (Å²) < 4.78 is 29.3. The van der Waals surface area contributed by atoms with Crippen LogP contribution in [0.4, 0.5) is 14.9 Å². The molecule has 0 radical (unpaired) electrons. The lowest BCUT2D eigenvalue weighted by Gasteiger charge is -2.12. The number of hydrogen-bond acceptors (Lipinski definition) is 6. The number of rotatable bonds is 10. The molecule has 0 aliphatic carbocycles. The lowest BCUT2D eigenvalue weighted by Crippen LogP contribution is -2.29. The van der Waals surface area contributed by atoms with Crippen molar-refractivity contribution >= 4 is 28.8 Å². The largest absolute Gasteiger partial charge is 0.495 e. The summed E-state index contributed by atoms with van der Waals surface area (Å²) in [5, 5.41) is 5.54. The van der Waals surface area contributed by atoms with Gasteiger partial charge < -0.3 is 24.5 Å². The zero-order valence-corrected chi connectivity index (χ0v) is 18.1. The minimum atomic E-state index is -0.396.